The third-order valence-electron chi connectivity index (χ3n) is 1.80. The van der Waals surface area contributed by atoms with Crippen molar-refractivity contribution in [2.24, 2.45) is 0 Å². The molecule has 2 aromatic rings. The first-order valence-corrected chi connectivity index (χ1v) is 5.22. The van der Waals surface area contributed by atoms with Crippen LogP contribution in [0.25, 0.3) is 0 Å². The normalized spacial score (nSPS) is 9.00. The van der Waals surface area contributed by atoms with Crippen molar-refractivity contribution in [2.75, 3.05) is 11.1 Å². The van der Waals surface area contributed by atoms with E-state index in [1.165, 1.54) is 6.33 Å². The Balaban J connectivity index is 0.000000286. The molecule has 1 aromatic carbocycles. The highest BCUT2D eigenvalue weighted by atomic mass is 16.4. The molecule has 0 atom stereocenters. The molecule has 0 aliphatic carbocycles. The number of nitrogens with zero attached hydrogens (tertiary/aromatic N) is 3. The van der Waals surface area contributed by atoms with Gasteiger partial charge in [0, 0.05) is 5.69 Å². The molecule has 104 valence electrons. The molecule has 0 aliphatic rings. The van der Waals surface area contributed by atoms with Gasteiger partial charge in [0.1, 0.15) is 6.33 Å². The van der Waals surface area contributed by atoms with Gasteiger partial charge < -0.3 is 21.3 Å². The molecule has 0 amide bonds. The van der Waals surface area contributed by atoms with Crippen molar-refractivity contribution in [1.82, 2.24) is 15.0 Å². The smallest absolute Gasteiger partial charge is 0.414 e. The highest BCUT2D eigenvalue weighted by Crippen LogP contribution is 2.10. The minimum atomic E-state index is -1.82. The Labute approximate surface area is 113 Å². The Bertz CT molecular complexity index is 578. The standard InChI is InChI=1S/C9H9N5.C2H2O4/c10-8-11-6-12-9(14-8)13-7-4-2-1-3-5-7;3-1(4)2(5)6/h1-6H,(H3,10,11,12,13,14);(H,3,4)(H,5,6). The van der Waals surface area contributed by atoms with Gasteiger partial charge in [0.05, 0.1) is 0 Å². The minimum Gasteiger partial charge on any atom is -0.473 e. The number of anilines is 3. The van der Waals surface area contributed by atoms with E-state index in [1.807, 2.05) is 30.3 Å². The van der Waals surface area contributed by atoms with Crippen LogP contribution in [0.3, 0.4) is 0 Å². The minimum absolute atomic E-state index is 0.207. The van der Waals surface area contributed by atoms with Crippen LogP contribution in [0.2, 0.25) is 0 Å². The van der Waals surface area contributed by atoms with E-state index in [0.717, 1.165) is 5.69 Å². The van der Waals surface area contributed by atoms with Crippen LogP contribution >= 0.6 is 0 Å². The van der Waals surface area contributed by atoms with Crippen molar-refractivity contribution in [3.05, 3.63) is 36.7 Å². The number of hydrogen-bond acceptors (Lipinski definition) is 7. The molecular weight excluding hydrogens is 266 g/mol. The molecule has 0 radical (unpaired) electrons. The Morgan fingerprint density at radius 1 is 1.05 bits per heavy atom. The number of aliphatic carboxylic acids is 2. The van der Waals surface area contributed by atoms with Gasteiger partial charge in [-0.15, -0.1) is 0 Å². The number of carboxylic acids is 2. The molecule has 0 bridgehead atoms. The lowest BCUT2D eigenvalue weighted by Gasteiger charge is -2.03. The number of rotatable bonds is 2. The van der Waals surface area contributed by atoms with Gasteiger partial charge in [0.25, 0.3) is 0 Å². The van der Waals surface area contributed by atoms with Crippen LogP contribution in [0.15, 0.2) is 36.7 Å². The summed E-state index contributed by atoms with van der Waals surface area (Å²) in [5.41, 5.74) is 6.32. The molecule has 9 heteroatoms. The molecule has 0 aliphatic heterocycles. The zero-order valence-electron chi connectivity index (χ0n) is 10.1. The quantitative estimate of drug-likeness (QED) is 0.569. The largest absolute Gasteiger partial charge is 0.473 e. The van der Waals surface area contributed by atoms with E-state index >= 15 is 0 Å². The zero-order valence-corrected chi connectivity index (χ0v) is 10.1. The molecule has 2 rings (SSSR count). The fourth-order valence-electron chi connectivity index (χ4n) is 1.02. The number of carbonyl (C=O) groups is 2. The molecular formula is C11H11N5O4. The van der Waals surface area contributed by atoms with Gasteiger partial charge in [-0.05, 0) is 12.1 Å². The second kappa shape index (κ2) is 7.26. The Morgan fingerprint density at radius 2 is 1.65 bits per heavy atom. The van der Waals surface area contributed by atoms with Crippen LogP contribution < -0.4 is 11.1 Å². The lowest BCUT2D eigenvalue weighted by molar-refractivity contribution is -0.159. The van der Waals surface area contributed by atoms with E-state index in [-0.39, 0.29) is 5.95 Å². The maximum absolute atomic E-state index is 9.10. The molecule has 9 nitrogen and oxygen atoms in total. The van der Waals surface area contributed by atoms with Crippen molar-refractivity contribution < 1.29 is 19.8 Å². The summed E-state index contributed by atoms with van der Waals surface area (Å²) in [5.74, 6) is -2.99. The van der Waals surface area contributed by atoms with Crippen LogP contribution in [0, 0.1) is 0 Å². The molecule has 0 unspecified atom stereocenters. The van der Waals surface area contributed by atoms with E-state index in [0.29, 0.717) is 5.95 Å². The number of nitrogens with one attached hydrogen (secondary N) is 1. The summed E-state index contributed by atoms with van der Waals surface area (Å²) in [6, 6.07) is 9.62. The maximum Gasteiger partial charge on any atom is 0.414 e. The van der Waals surface area contributed by atoms with E-state index in [4.69, 9.17) is 25.5 Å². The topological polar surface area (TPSA) is 151 Å². The average molecular weight is 277 g/mol. The van der Waals surface area contributed by atoms with Crippen LogP contribution in [0.5, 0.6) is 0 Å². The van der Waals surface area contributed by atoms with Gasteiger partial charge >= 0.3 is 11.9 Å². The maximum atomic E-state index is 9.10. The number of benzene rings is 1. The predicted octanol–water partition coefficient (Wildman–Crippen LogP) is 0.353. The summed E-state index contributed by atoms with van der Waals surface area (Å²) < 4.78 is 0. The Hall–Kier alpha value is -3.23. The third kappa shape index (κ3) is 5.40. The monoisotopic (exact) mass is 277 g/mol. The van der Waals surface area contributed by atoms with Gasteiger partial charge in [0.15, 0.2) is 0 Å². The van der Waals surface area contributed by atoms with Crippen molar-refractivity contribution in [2.45, 2.75) is 0 Å². The predicted molar refractivity (Wildman–Crippen MR) is 69.2 cm³/mol. The molecule has 20 heavy (non-hydrogen) atoms. The van der Waals surface area contributed by atoms with Crippen molar-refractivity contribution in [1.29, 1.82) is 0 Å². The van der Waals surface area contributed by atoms with E-state index in [1.54, 1.807) is 0 Å². The summed E-state index contributed by atoms with van der Waals surface area (Å²) >= 11 is 0. The van der Waals surface area contributed by atoms with Crippen molar-refractivity contribution >= 4 is 29.5 Å². The van der Waals surface area contributed by atoms with Gasteiger partial charge in [-0.2, -0.15) is 4.98 Å². The number of para-hydroxylation sites is 1. The van der Waals surface area contributed by atoms with Crippen molar-refractivity contribution in [3.63, 3.8) is 0 Å². The molecule has 0 saturated carbocycles. The third-order valence-corrected chi connectivity index (χ3v) is 1.80. The second-order valence-corrected chi connectivity index (χ2v) is 3.27. The fraction of sp³-hybridized carbons (Fsp3) is 0. The molecule has 0 saturated heterocycles. The summed E-state index contributed by atoms with van der Waals surface area (Å²) in [6.45, 7) is 0. The van der Waals surface area contributed by atoms with Crippen molar-refractivity contribution in [3.8, 4) is 0 Å². The molecule has 1 aromatic heterocycles. The second-order valence-electron chi connectivity index (χ2n) is 3.27. The van der Waals surface area contributed by atoms with E-state index in [9.17, 15) is 0 Å². The van der Waals surface area contributed by atoms with Gasteiger partial charge in [0.2, 0.25) is 11.9 Å². The van der Waals surface area contributed by atoms with Gasteiger partial charge in [-0.3, -0.25) is 0 Å². The molecule has 5 N–H and O–H groups in total. The Kier molecular flexibility index (Phi) is 5.38. The Morgan fingerprint density at radius 3 is 2.15 bits per heavy atom. The first-order chi connectivity index (χ1) is 9.49. The van der Waals surface area contributed by atoms with Gasteiger partial charge in [-0.25, -0.2) is 19.6 Å². The van der Waals surface area contributed by atoms with Crippen LogP contribution in [0.4, 0.5) is 17.6 Å². The first-order valence-electron chi connectivity index (χ1n) is 5.22. The summed E-state index contributed by atoms with van der Waals surface area (Å²) in [4.78, 5) is 29.7. The highest BCUT2D eigenvalue weighted by molar-refractivity contribution is 6.27. The molecule has 0 spiro atoms. The number of carboxylic acid groups (broad SMARTS) is 2. The summed E-state index contributed by atoms with van der Waals surface area (Å²) in [5, 5.41) is 17.8. The SMILES string of the molecule is Nc1ncnc(Nc2ccccc2)n1.O=C(O)C(=O)O. The summed E-state index contributed by atoms with van der Waals surface area (Å²) in [6.07, 6.45) is 1.37. The van der Waals surface area contributed by atoms with E-state index in [2.05, 4.69) is 20.3 Å². The molecule has 1 heterocycles. The van der Waals surface area contributed by atoms with Gasteiger partial charge in [-0.1, -0.05) is 18.2 Å². The summed E-state index contributed by atoms with van der Waals surface area (Å²) in [7, 11) is 0. The lowest BCUT2D eigenvalue weighted by Crippen LogP contribution is -2.09. The van der Waals surface area contributed by atoms with Crippen LogP contribution in [-0.2, 0) is 9.59 Å². The first kappa shape index (κ1) is 14.8. The lowest BCUT2D eigenvalue weighted by atomic mass is 10.3. The number of aromatic nitrogens is 3. The number of nitrogens with two attached hydrogens (primary N) is 1. The number of nitrogen functional groups attached to an aromatic ring is 1. The molecule has 0 fully saturated rings. The number of hydrogen-bond donors (Lipinski definition) is 4. The van der Waals surface area contributed by atoms with Crippen LogP contribution in [0.1, 0.15) is 0 Å². The van der Waals surface area contributed by atoms with E-state index < -0.39 is 11.9 Å². The average Bonchev–Trinajstić information content (AvgIpc) is 2.40. The highest BCUT2D eigenvalue weighted by Gasteiger charge is 2.04. The fourth-order valence-corrected chi connectivity index (χ4v) is 1.02. The van der Waals surface area contributed by atoms with Crippen LogP contribution in [-0.4, -0.2) is 37.1 Å². The zero-order chi connectivity index (χ0) is 15.0.